The molecule has 0 radical (unpaired) electrons. The zero-order valence-corrected chi connectivity index (χ0v) is 13.7. The lowest BCUT2D eigenvalue weighted by Gasteiger charge is -2.18. The number of carboxylic acid groups (broad SMARTS) is 1. The Morgan fingerprint density at radius 3 is 2.48 bits per heavy atom. The van der Waals surface area contributed by atoms with Gasteiger partial charge in [0.15, 0.2) is 0 Å². The summed E-state index contributed by atoms with van der Waals surface area (Å²) in [6.45, 7) is 7.39. The van der Waals surface area contributed by atoms with Gasteiger partial charge in [-0.3, -0.25) is 0 Å². The van der Waals surface area contributed by atoms with Crippen LogP contribution in [0, 0.1) is 0 Å². The molecule has 0 spiro atoms. The van der Waals surface area contributed by atoms with Crippen molar-refractivity contribution in [1.82, 2.24) is 10.2 Å². The predicted molar refractivity (Wildman–Crippen MR) is 85.9 cm³/mol. The average Bonchev–Trinajstić information content (AvgIpc) is 2.45. The maximum Gasteiger partial charge on any atom is 0.335 e. The van der Waals surface area contributed by atoms with E-state index in [0.29, 0.717) is 16.7 Å². The van der Waals surface area contributed by atoms with Crippen molar-refractivity contribution in [1.29, 1.82) is 0 Å². The van der Waals surface area contributed by atoms with E-state index in [4.69, 9.17) is 5.11 Å². The van der Waals surface area contributed by atoms with Gasteiger partial charge < -0.3 is 20.6 Å². The molecule has 2 amide bonds. The molecule has 0 aromatic heterocycles. The minimum atomic E-state index is -1.01. The third kappa shape index (κ3) is 5.73. The Morgan fingerprint density at radius 2 is 1.95 bits per heavy atom. The van der Waals surface area contributed by atoms with Crippen LogP contribution in [-0.2, 0) is 0 Å². The monoisotopic (exact) mass is 357 g/mol. The molecule has 1 aromatic carbocycles. The number of halogens is 1. The van der Waals surface area contributed by atoms with E-state index >= 15 is 0 Å². The number of anilines is 1. The molecule has 0 fully saturated rings. The Kier molecular flexibility index (Phi) is 7.18. The van der Waals surface area contributed by atoms with E-state index in [9.17, 15) is 9.59 Å². The number of urea groups is 1. The summed E-state index contributed by atoms with van der Waals surface area (Å²) in [5.41, 5.74) is 0.690. The quantitative estimate of drug-likeness (QED) is 0.700. The van der Waals surface area contributed by atoms with Crippen LogP contribution < -0.4 is 10.6 Å². The topological polar surface area (TPSA) is 81.7 Å². The van der Waals surface area contributed by atoms with E-state index in [0.717, 1.165) is 19.6 Å². The number of rotatable bonds is 7. The fourth-order valence-corrected chi connectivity index (χ4v) is 2.26. The van der Waals surface area contributed by atoms with Crippen LogP contribution in [0.4, 0.5) is 10.5 Å². The van der Waals surface area contributed by atoms with Crippen LogP contribution in [0.25, 0.3) is 0 Å². The molecule has 116 valence electrons. The van der Waals surface area contributed by atoms with E-state index in [1.54, 1.807) is 6.07 Å². The van der Waals surface area contributed by atoms with Gasteiger partial charge in [0.05, 0.1) is 11.3 Å². The summed E-state index contributed by atoms with van der Waals surface area (Å²) >= 11 is 3.24. The molecule has 1 rings (SSSR count). The normalized spacial score (nSPS) is 10.5. The maximum absolute atomic E-state index is 11.8. The van der Waals surface area contributed by atoms with Gasteiger partial charge in [0.25, 0.3) is 0 Å². The summed E-state index contributed by atoms with van der Waals surface area (Å²) in [6.07, 6.45) is 0. The molecule has 0 bridgehead atoms. The number of nitrogens with one attached hydrogen (secondary N) is 2. The summed E-state index contributed by atoms with van der Waals surface area (Å²) in [6, 6.07) is 4.13. The van der Waals surface area contributed by atoms with Crippen LogP contribution in [0.15, 0.2) is 22.7 Å². The highest BCUT2D eigenvalue weighted by Gasteiger charge is 2.09. The van der Waals surface area contributed by atoms with Gasteiger partial charge in [-0.25, -0.2) is 9.59 Å². The lowest BCUT2D eigenvalue weighted by atomic mass is 10.2. The fraction of sp³-hybridized carbons (Fsp3) is 0.429. The lowest BCUT2D eigenvalue weighted by molar-refractivity contribution is 0.0697. The second-order valence-electron chi connectivity index (χ2n) is 4.41. The molecule has 0 aliphatic rings. The summed E-state index contributed by atoms with van der Waals surface area (Å²) in [5, 5.41) is 14.3. The zero-order valence-electron chi connectivity index (χ0n) is 12.1. The summed E-state index contributed by atoms with van der Waals surface area (Å²) < 4.78 is 0.529. The molecule has 0 unspecified atom stereocenters. The van der Waals surface area contributed by atoms with Gasteiger partial charge in [-0.2, -0.15) is 0 Å². The molecule has 0 atom stereocenters. The number of carbonyl (C=O) groups excluding carboxylic acids is 1. The lowest BCUT2D eigenvalue weighted by Crippen LogP contribution is -2.36. The van der Waals surface area contributed by atoms with E-state index in [2.05, 4.69) is 45.3 Å². The second-order valence-corrected chi connectivity index (χ2v) is 5.26. The minimum absolute atomic E-state index is 0.161. The molecule has 0 heterocycles. The second kappa shape index (κ2) is 8.63. The Labute approximate surface area is 132 Å². The summed E-state index contributed by atoms with van der Waals surface area (Å²) in [4.78, 5) is 24.8. The van der Waals surface area contributed by atoms with Gasteiger partial charge >= 0.3 is 12.0 Å². The van der Waals surface area contributed by atoms with Crippen molar-refractivity contribution in [3.05, 3.63) is 28.2 Å². The number of carboxylic acids is 1. The Balaban J connectivity index is 2.50. The van der Waals surface area contributed by atoms with Crippen molar-refractivity contribution in [3.8, 4) is 0 Å². The number of aromatic carboxylic acids is 1. The van der Waals surface area contributed by atoms with Crippen LogP contribution in [0.1, 0.15) is 24.2 Å². The van der Waals surface area contributed by atoms with Crippen molar-refractivity contribution in [2.24, 2.45) is 0 Å². The zero-order chi connectivity index (χ0) is 15.8. The Morgan fingerprint density at radius 1 is 1.29 bits per heavy atom. The number of nitrogens with zero attached hydrogens (tertiary/aromatic N) is 1. The molecule has 1 aromatic rings. The number of carbonyl (C=O) groups is 2. The number of hydrogen-bond acceptors (Lipinski definition) is 3. The number of likely N-dealkylation sites (N-methyl/N-ethyl adjacent to an activating group) is 1. The largest absolute Gasteiger partial charge is 0.478 e. The first kappa shape index (κ1) is 17.5. The molecule has 0 saturated carbocycles. The first-order valence-electron chi connectivity index (χ1n) is 6.78. The SMILES string of the molecule is CCN(CC)CCNC(=O)Nc1ccc(C(=O)O)cc1Br. The van der Waals surface area contributed by atoms with Gasteiger partial charge in [-0.1, -0.05) is 13.8 Å². The van der Waals surface area contributed by atoms with E-state index in [1.165, 1.54) is 12.1 Å². The van der Waals surface area contributed by atoms with Gasteiger partial charge in [0, 0.05) is 17.6 Å². The molecule has 3 N–H and O–H groups in total. The van der Waals surface area contributed by atoms with Gasteiger partial charge in [-0.05, 0) is 47.2 Å². The summed E-state index contributed by atoms with van der Waals surface area (Å²) in [7, 11) is 0. The average molecular weight is 358 g/mol. The van der Waals surface area contributed by atoms with Crippen molar-refractivity contribution in [2.75, 3.05) is 31.5 Å². The molecule has 0 aliphatic carbocycles. The molecule has 0 aliphatic heterocycles. The van der Waals surface area contributed by atoms with E-state index < -0.39 is 5.97 Å². The van der Waals surface area contributed by atoms with Crippen LogP contribution in [0.5, 0.6) is 0 Å². The molecule has 6 nitrogen and oxygen atoms in total. The Bertz CT molecular complexity index is 504. The van der Waals surface area contributed by atoms with Crippen LogP contribution in [0.3, 0.4) is 0 Å². The molecule has 21 heavy (non-hydrogen) atoms. The minimum Gasteiger partial charge on any atom is -0.478 e. The van der Waals surface area contributed by atoms with Crippen LogP contribution in [-0.4, -0.2) is 48.2 Å². The number of amides is 2. The van der Waals surface area contributed by atoms with Gasteiger partial charge in [0.2, 0.25) is 0 Å². The van der Waals surface area contributed by atoms with Crippen molar-refractivity contribution in [2.45, 2.75) is 13.8 Å². The van der Waals surface area contributed by atoms with Crippen molar-refractivity contribution in [3.63, 3.8) is 0 Å². The number of hydrogen-bond donors (Lipinski definition) is 3. The predicted octanol–water partition coefficient (Wildman–Crippen LogP) is 2.61. The first-order valence-corrected chi connectivity index (χ1v) is 7.57. The molecular weight excluding hydrogens is 338 g/mol. The molecule has 7 heteroatoms. The standard InChI is InChI=1S/C14H20BrN3O3/c1-3-18(4-2)8-7-16-14(21)17-12-6-5-10(13(19)20)9-11(12)15/h5-6,9H,3-4,7-8H2,1-2H3,(H,19,20)(H2,16,17,21). The third-order valence-electron chi connectivity index (χ3n) is 3.07. The number of benzene rings is 1. The van der Waals surface area contributed by atoms with E-state index in [-0.39, 0.29) is 11.6 Å². The third-order valence-corrected chi connectivity index (χ3v) is 3.73. The summed E-state index contributed by atoms with van der Waals surface area (Å²) in [5.74, 6) is -1.01. The highest BCUT2D eigenvalue weighted by atomic mass is 79.9. The van der Waals surface area contributed by atoms with Gasteiger partial charge in [-0.15, -0.1) is 0 Å². The maximum atomic E-state index is 11.8. The van der Waals surface area contributed by atoms with Crippen LogP contribution >= 0.6 is 15.9 Å². The molecular formula is C14H20BrN3O3. The molecule has 0 saturated heterocycles. The van der Waals surface area contributed by atoms with Crippen molar-refractivity contribution >= 4 is 33.6 Å². The Hall–Kier alpha value is -1.60. The van der Waals surface area contributed by atoms with Crippen molar-refractivity contribution < 1.29 is 14.7 Å². The van der Waals surface area contributed by atoms with Gasteiger partial charge in [0.1, 0.15) is 0 Å². The fourth-order valence-electron chi connectivity index (χ4n) is 1.78. The smallest absolute Gasteiger partial charge is 0.335 e. The first-order chi connectivity index (χ1) is 9.97. The van der Waals surface area contributed by atoms with E-state index in [1.807, 2.05) is 0 Å². The van der Waals surface area contributed by atoms with Crippen LogP contribution in [0.2, 0.25) is 0 Å². The highest BCUT2D eigenvalue weighted by Crippen LogP contribution is 2.23. The highest BCUT2D eigenvalue weighted by molar-refractivity contribution is 9.10.